The van der Waals surface area contributed by atoms with Crippen LogP contribution in [0.2, 0.25) is 0 Å². The van der Waals surface area contributed by atoms with Gasteiger partial charge in [0.15, 0.2) is 0 Å². The first-order chi connectivity index (χ1) is 11.0. The summed E-state index contributed by atoms with van der Waals surface area (Å²) in [5.74, 6) is 0.168. The fourth-order valence-corrected chi connectivity index (χ4v) is 3.54. The number of carbonyl (C=O) groups is 1. The van der Waals surface area contributed by atoms with Crippen LogP contribution in [0.4, 0.5) is 0 Å². The third kappa shape index (κ3) is 2.90. The third-order valence-corrected chi connectivity index (χ3v) is 4.70. The predicted octanol–water partition coefficient (Wildman–Crippen LogP) is 2.62. The van der Waals surface area contributed by atoms with Gasteiger partial charge in [-0.15, -0.1) is 11.3 Å². The third-order valence-electron chi connectivity index (χ3n) is 3.83. The van der Waals surface area contributed by atoms with Gasteiger partial charge in [0, 0.05) is 23.9 Å². The van der Waals surface area contributed by atoms with E-state index in [2.05, 4.69) is 4.98 Å². The van der Waals surface area contributed by atoms with Gasteiger partial charge >= 0.3 is 0 Å². The second-order valence-electron chi connectivity index (χ2n) is 5.53. The van der Waals surface area contributed by atoms with Crippen molar-refractivity contribution in [2.75, 3.05) is 0 Å². The molecule has 0 aliphatic rings. The summed E-state index contributed by atoms with van der Waals surface area (Å²) in [4.78, 5) is 29.1. The van der Waals surface area contributed by atoms with Gasteiger partial charge in [0.25, 0.3) is 5.56 Å². The number of thiophene rings is 1. The van der Waals surface area contributed by atoms with Gasteiger partial charge in [-0.2, -0.15) is 0 Å². The predicted molar refractivity (Wildman–Crippen MR) is 92.6 cm³/mol. The van der Waals surface area contributed by atoms with Gasteiger partial charge in [-0.1, -0.05) is 29.8 Å². The van der Waals surface area contributed by atoms with E-state index in [1.165, 1.54) is 21.5 Å². The van der Waals surface area contributed by atoms with E-state index in [4.69, 9.17) is 5.73 Å². The number of carbonyl (C=O) groups excluding carboxylic acids is 1. The molecule has 23 heavy (non-hydrogen) atoms. The van der Waals surface area contributed by atoms with Crippen LogP contribution in [0.25, 0.3) is 21.3 Å². The molecule has 5 nitrogen and oxygen atoms in total. The Bertz CT molecular complexity index is 939. The SMILES string of the molecule is Cc1ccc(-c2csc3nc(C)n(CCC(N)=O)c(=O)c23)cc1. The second-order valence-corrected chi connectivity index (χ2v) is 6.39. The van der Waals surface area contributed by atoms with Crippen LogP contribution < -0.4 is 11.3 Å². The zero-order chi connectivity index (χ0) is 16.6. The van der Waals surface area contributed by atoms with Crippen LogP contribution in [0.3, 0.4) is 0 Å². The summed E-state index contributed by atoms with van der Waals surface area (Å²) in [7, 11) is 0. The molecule has 0 bridgehead atoms. The Kier molecular flexibility index (Phi) is 4.00. The number of nitrogens with two attached hydrogens (primary N) is 1. The number of hydrogen-bond donors (Lipinski definition) is 1. The van der Waals surface area contributed by atoms with Gasteiger partial charge in [-0.25, -0.2) is 4.98 Å². The van der Waals surface area contributed by atoms with Gasteiger partial charge in [0.2, 0.25) is 5.91 Å². The number of nitrogens with zero attached hydrogens (tertiary/aromatic N) is 2. The highest BCUT2D eigenvalue weighted by Crippen LogP contribution is 2.31. The lowest BCUT2D eigenvalue weighted by molar-refractivity contribution is -0.118. The lowest BCUT2D eigenvalue weighted by atomic mass is 10.1. The van der Waals surface area contributed by atoms with Crippen LogP contribution in [-0.4, -0.2) is 15.5 Å². The van der Waals surface area contributed by atoms with Crippen molar-refractivity contribution < 1.29 is 4.79 Å². The number of amides is 1. The second kappa shape index (κ2) is 5.96. The normalized spacial score (nSPS) is 11.0. The summed E-state index contributed by atoms with van der Waals surface area (Å²) >= 11 is 1.46. The van der Waals surface area contributed by atoms with Gasteiger partial charge < -0.3 is 5.73 Å². The zero-order valence-corrected chi connectivity index (χ0v) is 13.8. The van der Waals surface area contributed by atoms with Crippen LogP contribution in [0.5, 0.6) is 0 Å². The molecular weight excluding hydrogens is 310 g/mol. The van der Waals surface area contributed by atoms with Crippen molar-refractivity contribution in [1.82, 2.24) is 9.55 Å². The summed E-state index contributed by atoms with van der Waals surface area (Å²) in [5.41, 5.74) is 8.12. The van der Waals surface area contributed by atoms with Crippen LogP contribution >= 0.6 is 11.3 Å². The van der Waals surface area contributed by atoms with E-state index in [0.29, 0.717) is 11.2 Å². The largest absolute Gasteiger partial charge is 0.370 e. The van der Waals surface area contributed by atoms with Crippen molar-refractivity contribution in [3.63, 3.8) is 0 Å². The Labute approximate surface area is 137 Å². The van der Waals surface area contributed by atoms with E-state index in [1.807, 2.05) is 36.6 Å². The number of fused-ring (bicyclic) bond motifs is 1. The van der Waals surface area contributed by atoms with Crippen LogP contribution in [-0.2, 0) is 11.3 Å². The molecule has 2 heterocycles. The number of hydrogen-bond acceptors (Lipinski definition) is 4. The summed E-state index contributed by atoms with van der Waals surface area (Å²) in [5, 5.41) is 2.57. The monoisotopic (exact) mass is 327 g/mol. The van der Waals surface area contributed by atoms with Gasteiger partial charge in [-0.3, -0.25) is 14.2 Å². The molecule has 3 rings (SSSR count). The summed E-state index contributed by atoms with van der Waals surface area (Å²) < 4.78 is 1.53. The molecule has 0 saturated carbocycles. The Hall–Kier alpha value is -2.47. The molecule has 1 aromatic carbocycles. The molecule has 0 saturated heterocycles. The molecule has 2 N–H and O–H groups in total. The molecule has 118 valence electrons. The first kappa shape index (κ1) is 15.4. The van der Waals surface area contributed by atoms with Crippen LogP contribution in [0.15, 0.2) is 34.4 Å². The number of aryl methyl sites for hydroxylation is 2. The average Bonchev–Trinajstić information content (AvgIpc) is 2.91. The smallest absolute Gasteiger partial charge is 0.262 e. The molecule has 0 atom stereocenters. The van der Waals surface area contributed by atoms with E-state index in [1.54, 1.807) is 6.92 Å². The first-order valence-electron chi connectivity index (χ1n) is 7.31. The molecule has 3 aromatic rings. The van der Waals surface area contributed by atoms with Gasteiger partial charge in [-0.05, 0) is 19.4 Å². The van der Waals surface area contributed by atoms with Crippen molar-refractivity contribution in [1.29, 1.82) is 0 Å². The number of rotatable bonds is 4. The molecule has 0 radical (unpaired) electrons. The lowest BCUT2D eigenvalue weighted by Crippen LogP contribution is -2.26. The molecule has 0 spiro atoms. The molecular formula is C17H17N3O2S. The highest BCUT2D eigenvalue weighted by molar-refractivity contribution is 7.17. The lowest BCUT2D eigenvalue weighted by Gasteiger charge is -2.09. The highest BCUT2D eigenvalue weighted by Gasteiger charge is 2.15. The van der Waals surface area contributed by atoms with Gasteiger partial charge in [0.05, 0.1) is 5.39 Å². The Morgan fingerprint density at radius 2 is 1.96 bits per heavy atom. The summed E-state index contributed by atoms with van der Waals surface area (Å²) in [6.07, 6.45) is 0.123. The molecule has 6 heteroatoms. The van der Waals surface area contributed by atoms with E-state index >= 15 is 0 Å². The topological polar surface area (TPSA) is 78.0 Å². The van der Waals surface area contributed by atoms with Crippen molar-refractivity contribution >= 4 is 27.5 Å². The minimum absolute atomic E-state index is 0.120. The van der Waals surface area contributed by atoms with Crippen molar-refractivity contribution in [3.05, 3.63) is 51.4 Å². The summed E-state index contributed by atoms with van der Waals surface area (Å²) in [6.45, 7) is 4.05. The fourth-order valence-electron chi connectivity index (χ4n) is 2.56. The van der Waals surface area contributed by atoms with Crippen molar-refractivity contribution in [2.24, 2.45) is 5.73 Å². The molecule has 0 aliphatic carbocycles. The maximum absolute atomic E-state index is 12.9. The number of benzene rings is 1. The Balaban J connectivity index is 2.18. The fraction of sp³-hybridized carbons (Fsp3) is 0.235. The maximum atomic E-state index is 12.9. The molecule has 0 fully saturated rings. The van der Waals surface area contributed by atoms with Crippen LogP contribution in [0, 0.1) is 13.8 Å². The first-order valence-corrected chi connectivity index (χ1v) is 8.19. The van der Waals surface area contributed by atoms with E-state index in [0.717, 1.165) is 16.0 Å². The van der Waals surface area contributed by atoms with Crippen molar-refractivity contribution in [2.45, 2.75) is 26.8 Å². The summed E-state index contributed by atoms with van der Waals surface area (Å²) in [6, 6.07) is 8.05. The van der Waals surface area contributed by atoms with E-state index in [9.17, 15) is 9.59 Å². The molecule has 2 aromatic heterocycles. The zero-order valence-electron chi connectivity index (χ0n) is 13.0. The van der Waals surface area contributed by atoms with E-state index in [-0.39, 0.29) is 18.5 Å². The minimum Gasteiger partial charge on any atom is -0.370 e. The van der Waals surface area contributed by atoms with E-state index < -0.39 is 5.91 Å². The minimum atomic E-state index is -0.430. The maximum Gasteiger partial charge on any atom is 0.262 e. The highest BCUT2D eigenvalue weighted by atomic mass is 32.1. The average molecular weight is 327 g/mol. The standard InChI is InChI=1S/C17H17N3O2S/c1-10-3-5-12(6-4-10)13-9-23-16-15(13)17(22)20(11(2)19-16)8-7-14(18)21/h3-6,9H,7-8H2,1-2H3,(H2,18,21). The number of aromatic nitrogens is 2. The Morgan fingerprint density at radius 1 is 1.26 bits per heavy atom. The van der Waals surface area contributed by atoms with Crippen molar-refractivity contribution in [3.8, 4) is 11.1 Å². The van der Waals surface area contributed by atoms with Gasteiger partial charge in [0.1, 0.15) is 10.7 Å². The quantitative estimate of drug-likeness (QED) is 0.800. The number of primary amides is 1. The molecule has 1 amide bonds. The molecule has 0 aliphatic heterocycles. The van der Waals surface area contributed by atoms with Crippen LogP contribution in [0.1, 0.15) is 17.8 Å². The Morgan fingerprint density at radius 3 is 2.61 bits per heavy atom. The molecule has 0 unspecified atom stereocenters.